The highest BCUT2D eigenvalue weighted by Crippen LogP contribution is 2.30. The van der Waals surface area contributed by atoms with E-state index in [4.69, 9.17) is 4.74 Å². The Morgan fingerprint density at radius 2 is 2.00 bits per heavy atom. The molecular weight excluding hydrogens is 446 g/mol. The van der Waals surface area contributed by atoms with Crippen LogP contribution in [0.4, 0.5) is 11.4 Å². The zero-order valence-corrected chi connectivity index (χ0v) is 18.8. The topological polar surface area (TPSA) is 129 Å². The lowest BCUT2D eigenvalue weighted by Gasteiger charge is -2.14. The van der Waals surface area contributed by atoms with Crippen LogP contribution >= 0.6 is 11.3 Å². The molecule has 0 bridgehead atoms. The molecule has 33 heavy (non-hydrogen) atoms. The number of anilines is 1. The SMILES string of the molecule is Cc1nn(C)c2nc(-c3cccs3)cc(C(=O)OC(C)C(=O)Nc3ccccc3[N+](=O)[O-])c12. The summed E-state index contributed by atoms with van der Waals surface area (Å²) in [6.07, 6.45) is -1.21. The fraction of sp³-hybridized carbons (Fsp3) is 0.182. The summed E-state index contributed by atoms with van der Waals surface area (Å²) >= 11 is 1.48. The number of carbonyl (C=O) groups excluding carboxylic acids is 2. The van der Waals surface area contributed by atoms with Crippen molar-refractivity contribution in [1.29, 1.82) is 0 Å². The van der Waals surface area contributed by atoms with Crippen LogP contribution in [-0.2, 0) is 16.6 Å². The Balaban J connectivity index is 1.62. The van der Waals surface area contributed by atoms with Crippen molar-refractivity contribution in [1.82, 2.24) is 14.8 Å². The number of ether oxygens (including phenoxy) is 1. The van der Waals surface area contributed by atoms with Crippen LogP contribution in [0.15, 0.2) is 47.8 Å². The number of fused-ring (bicyclic) bond motifs is 1. The second kappa shape index (κ2) is 8.79. The molecule has 1 aromatic carbocycles. The molecule has 0 spiro atoms. The number of esters is 1. The quantitative estimate of drug-likeness (QED) is 0.258. The fourth-order valence-corrected chi connectivity index (χ4v) is 4.09. The maximum atomic E-state index is 13.1. The predicted molar refractivity (Wildman–Crippen MR) is 123 cm³/mol. The van der Waals surface area contributed by atoms with Crippen LogP contribution in [0, 0.1) is 17.0 Å². The van der Waals surface area contributed by atoms with Gasteiger partial charge in [-0.2, -0.15) is 5.10 Å². The lowest BCUT2D eigenvalue weighted by atomic mass is 10.1. The normalized spacial score (nSPS) is 11.8. The van der Waals surface area contributed by atoms with Gasteiger partial charge in [0.15, 0.2) is 11.8 Å². The molecule has 10 nitrogen and oxygen atoms in total. The van der Waals surface area contributed by atoms with Crippen molar-refractivity contribution in [3.05, 3.63) is 69.2 Å². The van der Waals surface area contributed by atoms with E-state index in [-0.39, 0.29) is 16.9 Å². The molecule has 0 radical (unpaired) electrons. The van der Waals surface area contributed by atoms with Crippen LogP contribution in [0.25, 0.3) is 21.6 Å². The Kier molecular flexibility index (Phi) is 5.88. The van der Waals surface area contributed by atoms with Gasteiger partial charge in [0.25, 0.3) is 11.6 Å². The predicted octanol–water partition coefficient (Wildman–Crippen LogP) is 4.10. The zero-order chi connectivity index (χ0) is 23.7. The first-order valence-corrected chi connectivity index (χ1v) is 10.8. The average molecular weight is 465 g/mol. The van der Waals surface area contributed by atoms with Crippen molar-refractivity contribution in [2.24, 2.45) is 7.05 Å². The van der Waals surface area contributed by atoms with E-state index in [0.717, 1.165) is 4.88 Å². The van der Waals surface area contributed by atoms with Gasteiger partial charge in [-0.05, 0) is 37.4 Å². The molecule has 3 heterocycles. The van der Waals surface area contributed by atoms with Gasteiger partial charge in [-0.1, -0.05) is 18.2 Å². The number of nitro benzene ring substituents is 1. The number of hydrogen-bond acceptors (Lipinski definition) is 8. The molecule has 0 saturated heterocycles. The van der Waals surface area contributed by atoms with E-state index in [1.165, 1.54) is 36.5 Å². The van der Waals surface area contributed by atoms with Crippen molar-refractivity contribution in [2.75, 3.05) is 5.32 Å². The number of thiophene rings is 1. The zero-order valence-electron chi connectivity index (χ0n) is 17.9. The first-order chi connectivity index (χ1) is 15.8. The first-order valence-electron chi connectivity index (χ1n) is 9.89. The molecular formula is C22H19N5O5S. The molecule has 0 aliphatic heterocycles. The van der Waals surface area contributed by atoms with E-state index in [0.29, 0.717) is 22.4 Å². The molecule has 0 fully saturated rings. The van der Waals surface area contributed by atoms with Gasteiger partial charge in [0.05, 0.1) is 32.1 Å². The molecule has 0 aliphatic carbocycles. The maximum Gasteiger partial charge on any atom is 0.339 e. The van der Waals surface area contributed by atoms with E-state index in [1.54, 1.807) is 30.8 Å². The number of aromatic nitrogens is 3. The third-order valence-corrected chi connectivity index (χ3v) is 5.87. The number of benzene rings is 1. The van der Waals surface area contributed by atoms with Gasteiger partial charge >= 0.3 is 5.97 Å². The number of hydrogen-bond donors (Lipinski definition) is 1. The molecule has 1 unspecified atom stereocenters. The second-order valence-corrected chi connectivity index (χ2v) is 8.20. The number of para-hydroxylation sites is 2. The molecule has 4 aromatic rings. The number of carbonyl (C=O) groups is 2. The monoisotopic (exact) mass is 465 g/mol. The number of nitro groups is 1. The summed E-state index contributed by atoms with van der Waals surface area (Å²) in [5.74, 6) is -1.41. The first kappa shape index (κ1) is 22.1. The van der Waals surface area contributed by atoms with Gasteiger partial charge < -0.3 is 10.1 Å². The lowest BCUT2D eigenvalue weighted by molar-refractivity contribution is -0.383. The van der Waals surface area contributed by atoms with E-state index >= 15 is 0 Å². The summed E-state index contributed by atoms with van der Waals surface area (Å²) in [6.45, 7) is 3.16. The molecule has 3 aromatic heterocycles. The Hall–Kier alpha value is -4.12. The second-order valence-electron chi connectivity index (χ2n) is 7.25. The average Bonchev–Trinajstić information content (AvgIpc) is 3.42. The summed E-state index contributed by atoms with van der Waals surface area (Å²) in [6, 6.07) is 11.1. The fourth-order valence-electron chi connectivity index (χ4n) is 3.41. The Labute approximate surface area is 192 Å². The molecule has 1 N–H and O–H groups in total. The van der Waals surface area contributed by atoms with Crippen LogP contribution in [-0.4, -0.2) is 37.7 Å². The molecule has 0 aliphatic rings. The number of pyridine rings is 1. The number of nitrogens with zero attached hydrogens (tertiary/aromatic N) is 4. The standard InChI is InChI=1S/C22H19N5O5S/c1-12-19-14(11-16(18-9-6-10-33-18)23-20(19)26(3)25-12)22(29)32-13(2)21(28)24-15-7-4-5-8-17(15)27(30)31/h4-11,13H,1-3H3,(H,24,28). The highest BCUT2D eigenvalue weighted by atomic mass is 32.1. The highest BCUT2D eigenvalue weighted by molar-refractivity contribution is 7.13. The van der Waals surface area contributed by atoms with Gasteiger partial charge in [0, 0.05) is 13.1 Å². The van der Waals surface area contributed by atoms with Crippen LogP contribution in [0.1, 0.15) is 23.0 Å². The number of amides is 1. The largest absolute Gasteiger partial charge is 0.449 e. The van der Waals surface area contributed by atoms with Crippen molar-refractivity contribution in [2.45, 2.75) is 20.0 Å². The van der Waals surface area contributed by atoms with E-state index in [9.17, 15) is 19.7 Å². The van der Waals surface area contributed by atoms with E-state index in [1.807, 2.05) is 17.5 Å². The van der Waals surface area contributed by atoms with Gasteiger partial charge in [0.2, 0.25) is 0 Å². The van der Waals surface area contributed by atoms with Gasteiger partial charge in [0.1, 0.15) is 5.69 Å². The van der Waals surface area contributed by atoms with Crippen LogP contribution in [0.3, 0.4) is 0 Å². The van der Waals surface area contributed by atoms with Crippen LogP contribution in [0.5, 0.6) is 0 Å². The van der Waals surface area contributed by atoms with Crippen molar-refractivity contribution in [3.63, 3.8) is 0 Å². The highest BCUT2D eigenvalue weighted by Gasteiger charge is 2.25. The van der Waals surface area contributed by atoms with Gasteiger partial charge in [-0.3, -0.25) is 19.6 Å². The van der Waals surface area contributed by atoms with Gasteiger partial charge in [-0.15, -0.1) is 11.3 Å². The van der Waals surface area contributed by atoms with Crippen molar-refractivity contribution < 1.29 is 19.2 Å². The van der Waals surface area contributed by atoms with Crippen LogP contribution < -0.4 is 5.32 Å². The lowest BCUT2D eigenvalue weighted by Crippen LogP contribution is -2.30. The molecule has 1 atom stereocenters. The summed E-state index contributed by atoms with van der Waals surface area (Å²) in [7, 11) is 1.73. The number of nitrogens with one attached hydrogen (secondary N) is 1. The van der Waals surface area contributed by atoms with Crippen molar-refractivity contribution in [3.8, 4) is 10.6 Å². The molecule has 1 amide bonds. The number of rotatable bonds is 6. The van der Waals surface area contributed by atoms with Gasteiger partial charge in [-0.25, -0.2) is 9.78 Å². The smallest absolute Gasteiger partial charge is 0.339 e. The van der Waals surface area contributed by atoms with E-state index < -0.39 is 22.9 Å². The minimum atomic E-state index is -1.21. The number of aryl methyl sites for hydroxylation is 2. The molecule has 4 rings (SSSR count). The van der Waals surface area contributed by atoms with Crippen molar-refractivity contribution >= 4 is 45.6 Å². The minimum absolute atomic E-state index is 0.0183. The molecule has 11 heteroatoms. The third kappa shape index (κ3) is 4.30. The Morgan fingerprint density at radius 3 is 2.70 bits per heavy atom. The molecule has 168 valence electrons. The Bertz CT molecular complexity index is 1380. The summed E-state index contributed by atoms with van der Waals surface area (Å²) < 4.78 is 7.02. The van der Waals surface area contributed by atoms with Crippen LogP contribution in [0.2, 0.25) is 0 Å². The summed E-state index contributed by atoms with van der Waals surface area (Å²) in [4.78, 5) is 41.8. The maximum absolute atomic E-state index is 13.1. The Morgan fingerprint density at radius 1 is 1.24 bits per heavy atom. The molecule has 0 saturated carbocycles. The summed E-state index contributed by atoms with van der Waals surface area (Å²) in [5, 5.41) is 20.4. The third-order valence-electron chi connectivity index (χ3n) is 4.97. The van der Waals surface area contributed by atoms with E-state index in [2.05, 4.69) is 15.4 Å². The minimum Gasteiger partial charge on any atom is -0.449 e. The summed E-state index contributed by atoms with van der Waals surface area (Å²) in [5.41, 5.74) is 1.70.